The molecule has 0 atom stereocenters. The maximum Gasteiger partial charge on any atom is 0.255 e. The molecular weight excluding hydrogens is 406 g/mol. The lowest BCUT2D eigenvalue weighted by atomic mass is 10.1. The molecule has 0 amide bonds. The minimum atomic E-state index is -0.0515. The van der Waals surface area contributed by atoms with Crippen molar-refractivity contribution in [3.63, 3.8) is 0 Å². The van der Waals surface area contributed by atoms with Crippen LogP contribution in [0.3, 0.4) is 0 Å². The summed E-state index contributed by atoms with van der Waals surface area (Å²) < 4.78 is 6.01. The topological polar surface area (TPSA) is 62.1 Å². The monoisotopic (exact) mass is 423 g/mol. The zero-order chi connectivity index (χ0) is 19.8. The van der Waals surface area contributed by atoms with Gasteiger partial charge in [0, 0.05) is 30.1 Å². The van der Waals surface area contributed by atoms with Crippen LogP contribution in [0.25, 0.3) is 22.0 Å². The van der Waals surface area contributed by atoms with Gasteiger partial charge in [-0.1, -0.05) is 17.7 Å². The lowest BCUT2D eigenvalue weighted by Gasteiger charge is -2.26. The third-order valence-electron chi connectivity index (χ3n) is 5.07. The van der Waals surface area contributed by atoms with Crippen molar-refractivity contribution in [2.24, 2.45) is 0 Å². The fraction of sp³-hybridized carbons (Fsp3) is 0.182. The van der Waals surface area contributed by atoms with Crippen molar-refractivity contribution in [3.05, 3.63) is 86.3 Å². The molecule has 0 radical (unpaired) electrons. The number of aromatic amines is 1. The number of thiophene rings is 1. The predicted octanol–water partition coefficient (Wildman–Crippen LogP) is 4.97. The van der Waals surface area contributed by atoms with E-state index in [9.17, 15) is 4.79 Å². The molecule has 0 aliphatic carbocycles. The molecule has 4 aromatic rings. The molecule has 1 aliphatic heterocycles. The van der Waals surface area contributed by atoms with Gasteiger partial charge in [0.1, 0.15) is 11.5 Å². The second-order valence-corrected chi connectivity index (χ2v) is 8.43. The van der Waals surface area contributed by atoms with E-state index in [1.54, 1.807) is 11.3 Å². The summed E-state index contributed by atoms with van der Waals surface area (Å²) in [6, 6.07) is 15.5. The third-order valence-corrected chi connectivity index (χ3v) is 6.20. The van der Waals surface area contributed by atoms with Crippen LogP contribution < -0.4 is 5.56 Å². The van der Waals surface area contributed by atoms with Gasteiger partial charge in [-0.25, -0.2) is 4.98 Å². The van der Waals surface area contributed by atoms with Crippen molar-refractivity contribution in [2.45, 2.75) is 19.5 Å². The first-order valence-corrected chi connectivity index (χ1v) is 10.6. The first-order valence-electron chi connectivity index (χ1n) is 9.39. The lowest BCUT2D eigenvalue weighted by molar-refractivity contribution is 0.223. The van der Waals surface area contributed by atoms with Crippen LogP contribution in [0.15, 0.2) is 63.1 Å². The number of hydrogen-bond acceptors (Lipinski definition) is 5. The fourth-order valence-electron chi connectivity index (χ4n) is 3.60. The van der Waals surface area contributed by atoms with Crippen LogP contribution in [0.5, 0.6) is 0 Å². The number of rotatable bonds is 4. The average Bonchev–Trinajstić information content (AvgIpc) is 3.41. The van der Waals surface area contributed by atoms with Gasteiger partial charge < -0.3 is 9.40 Å². The molecule has 0 saturated carbocycles. The summed E-state index contributed by atoms with van der Waals surface area (Å²) in [6.45, 7) is 2.06. The van der Waals surface area contributed by atoms with E-state index in [1.807, 2.05) is 53.9 Å². The van der Waals surface area contributed by atoms with Gasteiger partial charge in [0.15, 0.2) is 5.82 Å². The number of hydrogen-bond donors (Lipinski definition) is 1. The van der Waals surface area contributed by atoms with Crippen LogP contribution in [0, 0.1) is 0 Å². The van der Waals surface area contributed by atoms with E-state index in [4.69, 9.17) is 21.0 Å². The molecule has 4 heterocycles. The zero-order valence-electron chi connectivity index (χ0n) is 15.5. The summed E-state index contributed by atoms with van der Waals surface area (Å²) in [5.41, 5.74) is 2.59. The minimum absolute atomic E-state index is 0.0515. The Morgan fingerprint density at radius 2 is 2.03 bits per heavy atom. The molecule has 1 N–H and O–H groups in total. The van der Waals surface area contributed by atoms with Crippen LogP contribution in [0.1, 0.15) is 17.0 Å². The molecule has 29 heavy (non-hydrogen) atoms. The normalized spacial score (nSPS) is 14.1. The first-order chi connectivity index (χ1) is 14.2. The van der Waals surface area contributed by atoms with Crippen molar-refractivity contribution in [2.75, 3.05) is 6.54 Å². The van der Waals surface area contributed by atoms with Gasteiger partial charge in [-0.2, -0.15) is 0 Å². The van der Waals surface area contributed by atoms with Gasteiger partial charge in [0.2, 0.25) is 0 Å². The Balaban J connectivity index is 1.33. The van der Waals surface area contributed by atoms with Crippen LogP contribution in [0.4, 0.5) is 0 Å². The minimum Gasteiger partial charge on any atom is -0.460 e. The van der Waals surface area contributed by atoms with Crippen LogP contribution in [-0.2, 0) is 19.5 Å². The average molecular weight is 424 g/mol. The summed E-state index contributed by atoms with van der Waals surface area (Å²) in [7, 11) is 0. The molecule has 0 spiro atoms. The van der Waals surface area contributed by atoms with Crippen molar-refractivity contribution in [1.29, 1.82) is 0 Å². The van der Waals surface area contributed by atoms with Gasteiger partial charge in [-0.15, -0.1) is 11.3 Å². The fourth-order valence-corrected chi connectivity index (χ4v) is 4.39. The number of aromatic nitrogens is 2. The number of H-pyrrole nitrogens is 1. The molecule has 0 bridgehead atoms. The van der Waals surface area contributed by atoms with Crippen molar-refractivity contribution in [3.8, 4) is 22.0 Å². The van der Waals surface area contributed by atoms with E-state index in [0.717, 1.165) is 46.2 Å². The van der Waals surface area contributed by atoms with E-state index < -0.39 is 0 Å². The van der Waals surface area contributed by atoms with Gasteiger partial charge in [0.25, 0.3) is 5.56 Å². The molecule has 3 aromatic heterocycles. The highest BCUT2D eigenvalue weighted by Crippen LogP contribution is 2.26. The molecule has 5 nitrogen and oxygen atoms in total. The quantitative estimate of drug-likeness (QED) is 0.503. The van der Waals surface area contributed by atoms with Crippen LogP contribution in [0.2, 0.25) is 5.02 Å². The highest BCUT2D eigenvalue weighted by atomic mass is 35.5. The second kappa shape index (κ2) is 7.63. The van der Waals surface area contributed by atoms with Gasteiger partial charge >= 0.3 is 0 Å². The summed E-state index contributed by atoms with van der Waals surface area (Å²) in [4.78, 5) is 23.5. The molecule has 5 rings (SSSR count). The molecule has 0 saturated heterocycles. The van der Waals surface area contributed by atoms with Crippen LogP contribution >= 0.6 is 22.9 Å². The Morgan fingerprint density at radius 1 is 1.17 bits per heavy atom. The highest BCUT2D eigenvalue weighted by Gasteiger charge is 2.22. The van der Waals surface area contributed by atoms with E-state index in [2.05, 4.69) is 9.88 Å². The number of nitrogens with zero attached hydrogens (tertiary/aromatic N) is 2. The summed E-state index contributed by atoms with van der Waals surface area (Å²) in [6.07, 6.45) is 0.752. The summed E-state index contributed by atoms with van der Waals surface area (Å²) in [5, 5.41) is 2.69. The van der Waals surface area contributed by atoms with Gasteiger partial charge in [0.05, 0.1) is 22.7 Å². The number of benzene rings is 1. The van der Waals surface area contributed by atoms with E-state index >= 15 is 0 Å². The van der Waals surface area contributed by atoms with Gasteiger partial charge in [-0.3, -0.25) is 9.69 Å². The van der Waals surface area contributed by atoms with Crippen molar-refractivity contribution >= 4 is 22.9 Å². The Labute approximate surface area is 176 Å². The molecule has 1 aromatic carbocycles. The van der Waals surface area contributed by atoms with E-state index in [0.29, 0.717) is 23.9 Å². The maximum absolute atomic E-state index is 12.6. The molecule has 1 aliphatic rings. The number of fused-ring (bicyclic) bond motifs is 1. The smallest absolute Gasteiger partial charge is 0.255 e. The lowest BCUT2D eigenvalue weighted by Crippen LogP contribution is -2.35. The SMILES string of the molecule is O=c1[nH]c(-c2cccs2)nc2c1CN(Cc1ccc(-c3ccc(Cl)cc3)o1)CC2. The second-order valence-electron chi connectivity index (χ2n) is 7.05. The first kappa shape index (κ1) is 18.4. The largest absolute Gasteiger partial charge is 0.460 e. The van der Waals surface area contributed by atoms with Gasteiger partial charge in [-0.05, 0) is 47.8 Å². The van der Waals surface area contributed by atoms with E-state index in [-0.39, 0.29) is 5.56 Å². The Bertz CT molecular complexity index is 1200. The predicted molar refractivity (Wildman–Crippen MR) is 115 cm³/mol. The Kier molecular flexibility index (Phi) is 4.83. The number of furan rings is 1. The van der Waals surface area contributed by atoms with Crippen molar-refractivity contribution in [1.82, 2.24) is 14.9 Å². The summed E-state index contributed by atoms with van der Waals surface area (Å²) >= 11 is 7.53. The molecular formula is C22H18ClN3O2S. The number of halogens is 1. The van der Waals surface area contributed by atoms with E-state index in [1.165, 1.54) is 0 Å². The Hall–Kier alpha value is -2.67. The summed E-state index contributed by atoms with van der Waals surface area (Å²) in [5.74, 6) is 2.35. The molecule has 0 fully saturated rings. The van der Waals surface area contributed by atoms with Crippen molar-refractivity contribution < 1.29 is 4.42 Å². The molecule has 7 heteroatoms. The Morgan fingerprint density at radius 3 is 2.83 bits per heavy atom. The maximum atomic E-state index is 12.6. The standard InChI is InChI=1S/C22H18ClN3O2S/c23-15-5-3-14(4-6-15)19-8-7-16(28-19)12-26-10-9-18-17(13-26)22(27)25-21(24-18)20-2-1-11-29-20/h1-8,11H,9-10,12-13H2,(H,24,25,27). The molecule has 146 valence electrons. The highest BCUT2D eigenvalue weighted by molar-refractivity contribution is 7.13. The van der Waals surface area contributed by atoms with Crippen LogP contribution in [-0.4, -0.2) is 21.4 Å². The third kappa shape index (κ3) is 3.79. The molecule has 0 unspecified atom stereocenters. The number of nitrogens with one attached hydrogen (secondary N) is 1. The zero-order valence-corrected chi connectivity index (χ0v) is 17.1.